The Morgan fingerprint density at radius 3 is 1.51 bits per heavy atom. The van der Waals surface area contributed by atoms with Crippen LogP contribution in [0, 0.1) is 11.6 Å². The third-order valence-electron chi connectivity index (χ3n) is 12.7. The Labute approximate surface area is 455 Å². The number of primary amides is 1. The summed E-state index contributed by atoms with van der Waals surface area (Å²) in [5.41, 5.74) is 12.5. The SMILES string of the molecule is CNc1nccc(-c2cc3cc(C(=O)NC(CN(c4ccc(F)cc4)c4ccccn4)C(N)=O)ccc3[nH]2)n1.CNc1nccc(-c2cc3cc(C(=O)NC(CN(c4ccc(F)cc4)c4ccccn4)c4ncn[nH]4)ccc3[nH]2)n1. The van der Waals surface area contributed by atoms with Gasteiger partial charge >= 0.3 is 0 Å². The lowest BCUT2D eigenvalue weighted by Gasteiger charge is -2.28. The number of nitrogens with zero attached hydrogens (tertiary/aromatic N) is 10. The van der Waals surface area contributed by atoms with Crippen LogP contribution in [0.1, 0.15) is 32.6 Å². The summed E-state index contributed by atoms with van der Waals surface area (Å²) in [5.74, 6) is 0.381. The van der Waals surface area contributed by atoms with Crippen LogP contribution in [-0.4, -0.2) is 106 Å². The largest absolute Gasteiger partial charge is 0.368 e. The van der Waals surface area contributed by atoms with E-state index in [1.165, 1.54) is 30.6 Å². The van der Waals surface area contributed by atoms with Crippen molar-refractivity contribution < 1.29 is 23.2 Å². The molecule has 0 spiro atoms. The van der Waals surface area contributed by atoms with Gasteiger partial charge < -0.3 is 46.8 Å². The molecule has 0 saturated carbocycles. The van der Waals surface area contributed by atoms with Gasteiger partial charge in [-0.3, -0.25) is 19.5 Å². The van der Waals surface area contributed by atoms with Gasteiger partial charge in [0, 0.05) is 83.2 Å². The van der Waals surface area contributed by atoms with Crippen molar-refractivity contribution in [3.8, 4) is 22.8 Å². The standard InChI is InChI=1S/C29H25FN10O.C28H25FN8O2/c1-31-29-33-13-11-23(38-29)24-15-19-14-18(5-10-22(19)36-24)28(41)37-25(27-34-17-35-39-27)16-40(26-4-2-3-12-32-26)21-8-6-20(30)7-9-21;1-31-28-33-13-11-22(36-28)23-15-18-14-17(5-10-21(18)34-23)27(39)35-24(26(30)38)16-37(25-4-2-3-12-32-25)20-8-6-19(29)7-9-20/h2-15,17,25,36H,16H2,1H3,(H,37,41)(H,31,33,38)(H,34,35,39);2-15,24,34H,16H2,1H3,(H2,30,38)(H,35,39)(H,31,33,36). The average molecular weight is 1070 g/mol. The molecule has 9 N–H and O–H groups in total. The van der Waals surface area contributed by atoms with Gasteiger partial charge in [-0.1, -0.05) is 12.1 Å². The average Bonchev–Trinajstić information content (AvgIpc) is 4.33. The van der Waals surface area contributed by atoms with Crippen LogP contribution in [0.3, 0.4) is 0 Å². The van der Waals surface area contributed by atoms with Gasteiger partial charge in [0.15, 0.2) is 0 Å². The van der Waals surface area contributed by atoms with E-state index < -0.39 is 29.7 Å². The van der Waals surface area contributed by atoms with E-state index in [1.807, 2.05) is 53.4 Å². The van der Waals surface area contributed by atoms with Gasteiger partial charge in [0.05, 0.1) is 35.9 Å². The molecule has 2 unspecified atom stereocenters. The number of anilines is 6. The van der Waals surface area contributed by atoms with Crippen LogP contribution in [0.2, 0.25) is 0 Å². The Morgan fingerprint density at radius 1 is 0.562 bits per heavy atom. The smallest absolute Gasteiger partial charge is 0.252 e. The molecule has 7 aromatic heterocycles. The van der Waals surface area contributed by atoms with Gasteiger partial charge in [-0.25, -0.2) is 43.7 Å². The van der Waals surface area contributed by atoms with Crippen molar-refractivity contribution in [2.75, 3.05) is 47.6 Å². The summed E-state index contributed by atoms with van der Waals surface area (Å²) in [6.07, 6.45) is 8.00. The highest BCUT2D eigenvalue weighted by Gasteiger charge is 2.26. The first-order valence-corrected chi connectivity index (χ1v) is 24.9. The molecule has 0 fully saturated rings. The Morgan fingerprint density at radius 2 is 1.06 bits per heavy atom. The molecule has 0 radical (unpaired) electrons. The number of nitrogens with two attached hydrogens (primary N) is 1. The number of pyridine rings is 2. The number of aromatic nitrogens is 11. The molecule has 21 nitrogen and oxygen atoms in total. The predicted molar refractivity (Wildman–Crippen MR) is 300 cm³/mol. The monoisotopic (exact) mass is 1070 g/mol. The summed E-state index contributed by atoms with van der Waals surface area (Å²) < 4.78 is 27.3. The maximum atomic E-state index is 13.7. The molecule has 23 heteroatoms. The lowest BCUT2D eigenvalue weighted by Crippen LogP contribution is -2.50. The van der Waals surface area contributed by atoms with Crippen LogP contribution in [0.5, 0.6) is 0 Å². The molecule has 400 valence electrons. The summed E-state index contributed by atoms with van der Waals surface area (Å²) in [5, 5.41) is 20.2. The maximum Gasteiger partial charge on any atom is 0.252 e. The van der Waals surface area contributed by atoms with Crippen molar-refractivity contribution >= 4 is 74.4 Å². The van der Waals surface area contributed by atoms with Gasteiger partial charge in [-0.05, 0) is 133 Å². The first kappa shape index (κ1) is 52.5. The van der Waals surface area contributed by atoms with Crippen LogP contribution in [-0.2, 0) is 4.79 Å². The van der Waals surface area contributed by atoms with Crippen LogP contribution < -0.4 is 36.8 Å². The van der Waals surface area contributed by atoms with Crippen LogP contribution in [0.15, 0.2) is 177 Å². The fourth-order valence-corrected chi connectivity index (χ4v) is 8.65. The van der Waals surface area contributed by atoms with Gasteiger partial charge in [-0.15, -0.1) is 0 Å². The quantitative estimate of drug-likeness (QED) is 0.0402. The number of halogens is 2. The predicted octanol–water partition coefficient (Wildman–Crippen LogP) is 8.25. The van der Waals surface area contributed by atoms with Gasteiger partial charge in [0.2, 0.25) is 17.8 Å². The fourth-order valence-electron chi connectivity index (χ4n) is 8.65. The zero-order valence-corrected chi connectivity index (χ0v) is 42.8. The normalized spacial score (nSPS) is 11.7. The first-order chi connectivity index (χ1) is 39.0. The molecule has 11 rings (SSSR count). The number of fused-ring (bicyclic) bond motifs is 2. The van der Waals surface area contributed by atoms with E-state index in [0.29, 0.717) is 57.6 Å². The molecule has 3 amide bonds. The molecule has 4 aromatic carbocycles. The number of hydrogen-bond donors (Lipinski definition) is 8. The van der Waals surface area contributed by atoms with Crippen molar-refractivity contribution in [3.63, 3.8) is 0 Å². The minimum atomic E-state index is -1.07. The van der Waals surface area contributed by atoms with E-state index in [-0.39, 0.29) is 24.8 Å². The summed E-state index contributed by atoms with van der Waals surface area (Å²) in [6.45, 7) is 0.239. The molecule has 7 heterocycles. The molecule has 0 saturated heterocycles. The molecule has 2 atom stereocenters. The first-order valence-electron chi connectivity index (χ1n) is 24.9. The molecule has 0 aliphatic carbocycles. The molecular formula is C57H50F2N18O3. The summed E-state index contributed by atoms with van der Waals surface area (Å²) in [7, 11) is 3.50. The number of rotatable bonds is 18. The maximum absolute atomic E-state index is 13.7. The van der Waals surface area contributed by atoms with E-state index in [0.717, 1.165) is 38.9 Å². The molecular weight excluding hydrogens is 1020 g/mol. The van der Waals surface area contributed by atoms with E-state index in [4.69, 9.17) is 5.73 Å². The molecule has 80 heavy (non-hydrogen) atoms. The van der Waals surface area contributed by atoms with Crippen molar-refractivity contribution in [2.24, 2.45) is 5.73 Å². The summed E-state index contributed by atoms with van der Waals surface area (Å²) >= 11 is 0. The Hall–Kier alpha value is -11.0. The van der Waals surface area contributed by atoms with E-state index in [1.54, 1.807) is 117 Å². The highest BCUT2D eigenvalue weighted by Crippen LogP contribution is 2.30. The second-order valence-corrected chi connectivity index (χ2v) is 17.9. The minimum absolute atomic E-state index is 0.0121. The van der Waals surface area contributed by atoms with Gasteiger partial charge in [0.1, 0.15) is 47.5 Å². The van der Waals surface area contributed by atoms with Crippen molar-refractivity contribution in [2.45, 2.75) is 12.1 Å². The fraction of sp³-hybridized carbons (Fsp3) is 0.105. The molecule has 0 aliphatic heterocycles. The van der Waals surface area contributed by atoms with Crippen LogP contribution in [0.4, 0.5) is 43.7 Å². The van der Waals surface area contributed by atoms with Gasteiger partial charge in [0.25, 0.3) is 11.8 Å². The number of carbonyl (C=O) groups is 3. The van der Waals surface area contributed by atoms with E-state index >= 15 is 0 Å². The topological polar surface area (TPSA) is 282 Å². The lowest BCUT2D eigenvalue weighted by atomic mass is 10.1. The summed E-state index contributed by atoms with van der Waals surface area (Å²) in [4.78, 5) is 79.8. The highest BCUT2D eigenvalue weighted by molar-refractivity contribution is 6.01. The highest BCUT2D eigenvalue weighted by atomic mass is 19.1. The number of H-pyrrole nitrogens is 3. The third kappa shape index (κ3) is 12.3. The Kier molecular flexibility index (Phi) is 15.7. The minimum Gasteiger partial charge on any atom is -0.368 e. The zero-order chi connectivity index (χ0) is 55.5. The van der Waals surface area contributed by atoms with Crippen LogP contribution in [0.25, 0.3) is 44.6 Å². The number of amides is 3. The molecule has 0 bridgehead atoms. The number of carbonyl (C=O) groups excluding carboxylic acids is 3. The van der Waals surface area contributed by atoms with Gasteiger partial charge in [-0.2, -0.15) is 5.10 Å². The van der Waals surface area contributed by atoms with Crippen LogP contribution >= 0.6 is 0 Å². The Balaban J connectivity index is 0.000000180. The van der Waals surface area contributed by atoms with Crippen molar-refractivity contribution in [3.05, 3.63) is 205 Å². The number of aromatic amines is 3. The van der Waals surface area contributed by atoms with E-state index in [2.05, 4.69) is 76.3 Å². The Bertz CT molecular complexity index is 3900. The van der Waals surface area contributed by atoms with Crippen molar-refractivity contribution in [1.29, 1.82) is 0 Å². The third-order valence-corrected chi connectivity index (χ3v) is 12.7. The van der Waals surface area contributed by atoms with Crippen molar-refractivity contribution in [1.82, 2.24) is 65.7 Å². The van der Waals surface area contributed by atoms with E-state index in [9.17, 15) is 23.2 Å². The lowest BCUT2D eigenvalue weighted by molar-refractivity contribution is -0.119. The zero-order valence-electron chi connectivity index (χ0n) is 42.8. The molecule has 11 aromatic rings. The second kappa shape index (κ2) is 23.9. The number of nitrogens with one attached hydrogen (secondary N) is 7. The number of benzene rings is 4. The summed E-state index contributed by atoms with van der Waals surface area (Å²) in [6, 6.07) is 39.0. The number of hydrogen-bond acceptors (Lipinski definition) is 15. The second-order valence-electron chi connectivity index (χ2n) is 17.9. The molecule has 0 aliphatic rings.